The van der Waals surface area contributed by atoms with E-state index in [0.29, 0.717) is 10.6 Å². The highest BCUT2D eigenvalue weighted by atomic mass is 32.1. The lowest BCUT2D eigenvalue weighted by Gasteiger charge is -2.11. The van der Waals surface area contributed by atoms with E-state index in [-0.39, 0.29) is 6.10 Å². The van der Waals surface area contributed by atoms with Gasteiger partial charge in [0, 0.05) is 4.88 Å². The van der Waals surface area contributed by atoms with Gasteiger partial charge in [0.15, 0.2) is 4.88 Å². The summed E-state index contributed by atoms with van der Waals surface area (Å²) in [5, 5.41) is 9.15. The molecule has 1 saturated carbocycles. The van der Waals surface area contributed by atoms with Gasteiger partial charge in [0.2, 0.25) is 0 Å². The number of carboxylic acids is 1. The molecule has 3 nitrogen and oxygen atoms in total. The normalized spacial score (nSPS) is 16.3. The number of ether oxygens (including phenoxy) is 1. The van der Waals surface area contributed by atoms with Crippen LogP contribution in [0.25, 0.3) is 0 Å². The van der Waals surface area contributed by atoms with Crippen molar-refractivity contribution in [3.05, 3.63) is 15.8 Å². The first kappa shape index (κ1) is 12.4. The first-order valence-corrected chi connectivity index (χ1v) is 7.05. The van der Waals surface area contributed by atoms with Crippen LogP contribution in [0.3, 0.4) is 0 Å². The fraction of sp³-hybridized carbons (Fsp3) is 0.615. The molecule has 1 heterocycles. The van der Waals surface area contributed by atoms with Crippen LogP contribution in [0.5, 0.6) is 5.75 Å². The molecule has 4 heteroatoms. The summed E-state index contributed by atoms with van der Waals surface area (Å²) < 4.78 is 5.82. The summed E-state index contributed by atoms with van der Waals surface area (Å²) >= 11 is 1.35. The molecule has 17 heavy (non-hydrogen) atoms. The fourth-order valence-electron chi connectivity index (χ4n) is 2.21. The van der Waals surface area contributed by atoms with Gasteiger partial charge in [-0.25, -0.2) is 4.79 Å². The van der Waals surface area contributed by atoms with Gasteiger partial charge in [-0.1, -0.05) is 13.3 Å². The van der Waals surface area contributed by atoms with Crippen LogP contribution in [-0.2, 0) is 6.42 Å². The van der Waals surface area contributed by atoms with Gasteiger partial charge in [-0.2, -0.15) is 0 Å². The molecule has 1 aliphatic carbocycles. The van der Waals surface area contributed by atoms with Gasteiger partial charge in [-0.05, 0) is 38.2 Å². The second-order valence-electron chi connectivity index (χ2n) is 4.49. The largest absolute Gasteiger partial charge is 0.489 e. The summed E-state index contributed by atoms with van der Waals surface area (Å²) in [5.74, 6) is -0.289. The van der Waals surface area contributed by atoms with Crippen LogP contribution in [0.4, 0.5) is 0 Å². The minimum Gasteiger partial charge on any atom is -0.489 e. The monoisotopic (exact) mass is 254 g/mol. The van der Waals surface area contributed by atoms with Gasteiger partial charge < -0.3 is 9.84 Å². The van der Waals surface area contributed by atoms with Crippen molar-refractivity contribution in [3.8, 4) is 5.75 Å². The summed E-state index contributed by atoms with van der Waals surface area (Å²) in [4.78, 5) is 12.6. The van der Waals surface area contributed by atoms with Crippen LogP contribution in [-0.4, -0.2) is 17.2 Å². The van der Waals surface area contributed by atoms with E-state index in [2.05, 4.69) is 6.92 Å². The highest BCUT2D eigenvalue weighted by molar-refractivity contribution is 7.14. The van der Waals surface area contributed by atoms with E-state index in [9.17, 15) is 4.79 Å². The van der Waals surface area contributed by atoms with Crippen molar-refractivity contribution in [1.29, 1.82) is 0 Å². The minimum atomic E-state index is -0.870. The minimum absolute atomic E-state index is 0.220. The topological polar surface area (TPSA) is 46.5 Å². The molecular weight excluding hydrogens is 236 g/mol. The van der Waals surface area contributed by atoms with E-state index in [1.165, 1.54) is 24.2 Å². The highest BCUT2D eigenvalue weighted by Gasteiger charge is 2.22. The Bertz CT molecular complexity index is 391. The Labute approximate surface area is 105 Å². The standard InChI is InChI=1S/C13H18O3S/c1-2-5-10-8-11(12(17-10)13(14)15)16-9-6-3-4-7-9/h8-9H,2-7H2,1H3,(H,14,15). The van der Waals surface area contributed by atoms with Gasteiger partial charge in [-0.15, -0.1) is 11.3 Å². The van der Waals surface area contributed by atoms with Crippen LogP contribution < -0.4 is 4.74 Å². The molecular formula is C13H18O3S. The molecule has 1 fully saturated rings. The number of hydrogen-bond donors (Lipinski definition) is 1. The van der Waals surface area contributed by atoms with Crippen LogP contribution in [0.1, 0.15) is 53.6 Å². The maximum Gasteiger partial charge on any atom is 0.349 e. The molecule has 2 rings (SSSR count). The number of aromatic carboxylic acids is 1. The first-order valence-electron chi connectivity index (χ1n) is 6.23. The third-order valence-corrected chi connectivity index (χ3v) is 4.20. The van der Waals surface area contributed by atoms with E-state index < -0.39 is 5.97 Å². The number of hydrogen-bond acceptors (Lipinski definition) is 3. The summed E-state index contributed by atoms with van der Waals surface area (Å²) in [5.41, 5.74) is 0. The average Bonchev–Trinajstić information content (AvgIpc) is 2.89. The van der Waals surface area contributed by atoms with E-state index in [1.54, 1.807) is 0 Å². The lowest BCUT2D eigenvalue weighted by atomic mass is 10.2. The van der Waals surface area contributed by atoms with Crippen molar-refractivity contribution in [3.63, 3.8) is 0 Å². The third-order valence-electron chi connectivity index (χ3n) is 3.04. The molecule has 0 bridgehead atoms. The molecule has 1 N–H and O–H groups in total. The SMILES string of the molecule is CCCc1cc(OC2CCCC2)c(C(=O)O)s1. The average molecular weight is 254 g/mol. The molecule has 1 aromatic rings. The zero-order valence-electron chi connectivity index (χ0n) is 10.1. The van der Waals surface area contributed by atoms with E-state index in [4.69, 9.17) is 9.84 Å². The van der Waals surface area contributed by atoms with Crippen molar-refractivity contribution >= 4 is 17.3 Å². The summed E-state index contributed by atoms with van der Waals surface area (Å²) in [6, 6.07) is 1.91. The van der Waals surface area contributed by atoms with Crippen molar-refractivity contribution in [2.24, 2.45) is 0 Å². The summed E-state index contributed by atoms with van der Waals surface area (Å²) in [7, 11) is 0. The molecule has 0 aliphatic heterocycles. The smallest absolute Gasteiger partial charge is 0.349 e. The molecule has 94 valence electrons. The molecule has 1 aromatic heterocycles. The molecule has 0 amide bonds. The van der Waals surface area contributed by atoms with Crippen LogP contribution in [0, 0.1) is 0 Å². The maximum atomic E-state index is 11.1. The lowest BCUT2D eigenvalue weighted by molar-refractivity contribution is 0.0695. The van der Waals surface area contributed by atoms with Crippen molar-refractivity contribution in [2.45, 2.75) is 51.6 Å². The maximum absolute atomic E-state index is 11.1. The highest BCUT2D eigenvalue weighted by Crippen LogP contribution is 2.33. The quantitative estimate of drug-likeness (QED) is 0.871. The number of carboxylic acid groups (broad SMARTS) is 1. The predicted molar refractivity (Wildman–Crippen MR) is 68.2 cm³/mol. The van der Waals surface area contributed by atoms with Crippen LogP contribution >= 0.6 is 11.3 Å². The Hall–Kier alpha value is -1.03. The van der Waals surface area contributed by atoms with E-state index in [0.717, 1.165) is 30.6 Å². The van der Waals surface area contributed by atoms with Crippen molar-refractivity contribution in [2.75, 3.05) is 0 Å². The molecule has 0 radical (unpaired) electrons. The molecule has 0 spiro atoms. The zero-order valence-corrected chi connectivity index (χ0v) is 10.9. The lowest BCUT2D eigenvalue weighted by Crippen LogP contribution is -2.12. The zero-order chi connectivity index (χ0) is 12.3. The Morgan fingerprint density at radius 2 is 2.24 bits per heavy atom. The second-order valence-corrected chi connectivity index (χ2v) is 5.62. The van der Waals surface area contributed by atoms with E-state index >= 15 is 0 Å². The fourth-order valence-corrected chi connectivity index (χ4v) is 3.24. The second kappa shape index (κ2) is 5.54. The van der Waals surface area contributed by atoms with Gasteiger partial charge in [0.25, 0.3) is 0 Å². The van der Waals surface area contributed by atoms with Gasteiger partial charge in [0.1, 0.15) is 5.75 Å². The number of aryl methyl sites for hydroxylation is 1. The molecule has 0 unspecified atom stereocenters. The van der Waals surface area contributed by atoms with Crippen LogP contribution in [0.2, 0.25) is 0 Å². The Kier molecular flexibility index (Phi) is 4.05. The third kappa shape index (κ3) is 3.00. The Morgan fingerprint density at radius 1 is 1.53 bits per heavy atom. The Balaban J connectivity index is 2.14. The van der Waals surface area contributed by atoms with Gasteiger partial charge in [0.05, 0.1) is 6.10 Å². The first-order chi connectivity index (χ1) is 8.20. The van der Waals surface area contributed by atoms with Crippen LogP contribution in [0.15, 0.2) is 6.07 Å². The number of thiophene rings is 1. The summed E-state index contributed by atoms with van der Waals surface area (Å²) in [6.45, 7) is 2.09. The van der Waals surface area contributed by atoms with Gasteiger partial charge in [-0.3, -0.25) is 0 Å². The predicted octanol–water partition coefficient (Wildman–Crippen LogP) is 3.72. The molecule has 0 atom stereocenters. The number of carbonyl (C=O) groups is 1. The number of rotatable bonds is 5. The molecule has 0 aromatic carbocycles. The Morgan fingerprint density at radius 3 is 2.82 bits per heavy atom. The van der Waals surface area contributed by atoms with Gasteiger partial charge >= 0.3 is 5.97 Å². The van der Waals surface area contributed by atoms with Crippen molar-refractivity contribution < 1.29 is 14.6 Å². The molecule has 1 aliphatic rings. The summed E-state index contributed by atoms with van der Waals surface area (Å²) in [6.07, 6.45) is 6.67. The van der Waals surface area contributed by atoms with E-state index in [1.807, 2.05) is 6.07 Å². The molecule has 0 saturated heterocycles. The van der Waals surface area contributed by atoms with Crippen molar-refractivity contribution in [1.82, 2.24) is 0 Å².